The second-order valence-corrected chi connectivity index (χ2v) is 7.17. The quantitative estimate of drug-likeness (QED) is 0.455. The number of ether oxygens (including phenoxy) is 3. The lowest BCUT2D eigenvalue weighted by atomic mass is 9.93. The molecule has 4 rings (SSSR count). The van der Waals surface area contributed by atoms with E-state index >= 15 is 0 Å². The standard InChI is InChI=1S/C21H20N2O6/c1-21(19(25)22-20(26)23-21)11-10-13-6-8-14(9-7-13)28-18(24)17-12-27-15-4-2-3-5-16(15)29-17/h2-9,17H,10-12H2,1H3,(H2,22,23,25,26)/t17-,21-/m1/s1. The summed E-state index contributed by atoms with van der Waals surface area (Å²) in [6.07, 6.45) is 0.194. The molecule has 29 heavy (non-hydrogen) atoms. The number of imide groups is 1. The van der Waals surface area contributed by atoms with Gasteiger partial charge in [0.25, 0.3) is 5.91 Å². The molecule has 0 saturated carbocycles. The van der Waals surface area contributed by atoms with Crippen LogP contribution in [0.2, 0.25) is 0 Å². The molecule has 2 aromatic carbocycles. The predicted octanol–water partition coefficient (Wildman–Crippen LogP) is 1.96. The Morgan fingerprint density at radius 3 is 2.55 bits per heavy atom. The topological polar surface area (TPSA) is 103 Å². The number of amides is 3. The van der Waals surface area contributed by atoms with E-state index in [1.54, 1.807) is 37.3 Å². The third-order valence-corrected chi connectivity index (χ3v) is 4.94. The van der Waals surface area contributed by atoms with Crippen molar-refractivity contribution in [3.8, 4) is 17.2 Å². The van der Waals surface area contributed by atoms with E-state index in [0.29, 0.717) is 30.1 Å². The van der Waals surface area contributed by atoms with E-state index in [0.717, 1.165) is 5.56 Å². The Hall–Kier alpha value is -3.55. The summed E-state index contributed by atoms with van der Waals surface area (Å²) in [6.45, 7) is 1.77. The Morgan fingerprint density at radius 1 is 1.14 bits per heavy atom. The fourth-order valence-electron chi connectivity index (χ4n) is 3.19. The van der Waals surface area contributed by atoms with Crippen molar-refractivity contribution in [2.45, 2.75) is 31.4 Å². The second-order valence-electron chi connectivity index (χ2n) is 7.17. The summed E-state index contributed by atoms with van der Waals surface area (Å²) < 4.78 is 16.6. The lowest BCUT2D eigenvalue weighted by Gasteiger charge is -2.24. The molecule has 2 aliphatic rings. The Balaban J connectivity index is 1.32. The van der Waals surface area contributed by atoms with Crippen molar-refractivity contribution >= 4 is 17.9 Å². The van der Waals surface area contributed by atoms with Crippen LogP contribution in [0.1, 0.15) is 18.9 Å². The van der Waals surface area contributed by atoms with Crippen LogP contribution in [0.5, 0.6) is 17.2 Å². The average molecular weight is 396 g/mol. The van der Waals surface area contributed by atoms with Crippen molar-refractivity contribution in [1.82, 2.24) is 10.6 Å². The number of nitrogens with one attached hydrogen (secondary N) is 2. The molecule has 0 spiro atoms. The molecule has 2 aromatic rings. The van der Waals surface area contributed by atoms with Gasteiger partial charge in [-0.1, -0.05) is 24.3 Å². The Labute approximate surface area is 167 Å². The first-order chi connectivity index (χ1) is 13.9. The third kappa shape index (κ3) is 4.01. The first-order valence-corrected chi connectivity index (χ1v) is 9.26. The molecule has 2 N–H and O–H groups in total. The lowest BCUT2D eigenvalue weighted by molar-refractivity contribution is -0.144. The molecular weight excluding hydrogens is 376 g/mol. The van der Waals surface area contributed by atoms with Crippen molar-refractivity contribution in [2.75, 3.05) is 6.61 Å². The largest absolute Gasteiger partial charge is 0.485 e. The summed E-state index contributed by atoms with van der Waals surface area (Å²) in [4.78, 5) is 35.5. The van der Waals surface area contributed by atoms with Crippen LogP contribution in [-0.2, 0) is 16.0 Å². The molecule has 0 radical (unpaired) electrons. The molecule has 2 atom stereocenters. The zero-order valence-corrected chi connectivity index (χ0v) is 15.8. The van der Waals surface area contributed by atoms with Gasteiger partial charge >= 0.3 is 12.0 Å². The van der Waals surface area contributed by atoms with Gasteiger partial charge in [-0.3, -0.25) is 10.1 Å². The van der Waals surface area contributed by atoms with Crippen LogP contribution in [0.25, 0.3) is 0 Å². The Morgan fingerprint density at radius 2 is 1.86 bits per heavy atom. The SMILES string of the molecule is C[C@]1(CCc2ccc(OC(=O)[C@H]3COc4ccccc4O3)cc2)NC(=O)NC1=O. The van der Waals surface area contributed by atoms with E-state index in [-0.39, 0.29) is 12.5 Å². The first-order valence-electron chi connectivity index (χ1n) is 9.26. The molecule has 0 aliphatic carbocycles. The molecule has 8 nitrogen and oxygen atoms in total. The minimum absolute atomic E-state index is 0.0836. The molecule has 2 aliphatic heterocycles. The number of fused-ring (bicyclic) bond motifs is 1. The first kappa shape index (κ1) is 18.8. The van der Waals surface area contributed by atoms with Crippen molar-refractivity contribution in [2.24, 2.45) is 0 Å². The Kier molecular flexibility index (Phi) is 4.84. The van der Waals surface area contributed by atoms with Crippen molar-refractivity contribution < 1.29 is 28.6 Å². The fraction of sp³-hybridized carbons (Fsp3) is 0.286. The molecule has 0 unspecified atom stereocenters. The maximum atomic E-state index is 12.4. The second kappa shape index (κ2) is 7.46. The molecular formula is C21H20N2O6. The van der Waals surface area contributed by atoms with Crippen molar-refractivity contribution in [1.29, 1.82) is 0 Å². The highest BCUT2D eigenvalue weighted by Crippen LogP contribution is 2.31. The third-order valence-electron chi connectivity index (χ3n) is 4.94. The minimum atomic E-state index is -0.920. The van der Waals surface area contributed by atoms with E-state index < -0.39 is 23.6 Å². The summed E-state index contributed by atoms with van der Waals surface area (Å²) >= 11 is 0. The lowest BCUT2D eigenvalue weighted by Crippen LogP contribution is -2.43. The number of hydrogen-bond donors (Lipinski definition) is 2. The molecule has 1 fully saturated rings. The van der Waals surface area contributed by atoms with Crippen LogP contribution in [0.4, 0.5) is 4.79 Å². The van der Waals surface area contributed by atoms with Gasteiger partial charge in [0.2, 0.25) is 6.10 Å². The monoisotopic (exact) mass is 396 g/mol. The van der Waals surface area contributed by atoms with E-state index in [4.69, 9.17) is 14.2 Å². The van der Waals surface area contributed by atoms with Gasteiger partial charge in [0.15, 0.2) is 11.5 Å². The molecule has 0 aromatic heterocycles. The summed E-state index contributed by atoms with van der Waals surface area (Å²) in [5, 5.41) is 4.88. The van der Waals surface area contributed by atoms with Gasteiger partial charge in [0.05, 0.1) is 0 Å². The van der Waals surface area contributed by atoms with Crippen LogP contribution in [0.15, 0.2) is 48.5 Å². The van der Waals surface area contributed by atoms with E-state index in [2.05, 4.69) is 10.6 Å². The van der Waals surface area contributed by atoms with E-state index in [1.807, 2.05) is 18.2 Å². The van der Waals surface area contributed by atoms with Crippen LogP contribution < -0.4 is 24.8 Å². The zero-order valence-electron chi connectivity index (χ0n) is 15.8. The number of urea groups is 1. The van der Waals surface area contributed by atoms with Crippen LogP contribution >= 0.6 is 0 Å². The number of para-hydroxylation sites is 2. The van der Waals surface area contributed by atoms with Gasteiger partial charge in [0, 0.05) is 0 Å². The normalized spacial score (nSPS) is 22.6. The number of aryl methyl sites for hydroxylation is 1. The van der Waals surface area contributed by atoms with Gasteiger partial charge in [-0.15, -0.1) is 0 Å². The maximum Gasteiger partial charge on any atom is 0.356 e. The van der Waals surface area contributed by atoms with Gasteiger partial charge < -0.3 is 19.5 Å². The number of benzene rings is 2. The van der Waals surface area contributed by atoms with Crippen molar-refractivity contribution in [3.05, 3.63) is 54.1 Å². The summed E-state index contributed by atoms with van der Waals surface area (Å²) in [5.41, 5.74) is 0.0303. The Bertz CT molecular complexity index is 958. The number of hydrogen-bond acceptors (Lipinski definition) is 6. The van der Waals surface area contributed by atoms with Gasteiger partial charge in [0.1, 0.15) is 17.9 Å². The highest BCUT2D eigenvalue weighted by atomic mass is 16.6. The van der Waals surface area contributed by atoms with Crippen LogP contribution in [0, 0.1) is 0 Å². The molecule has 1 saturated heterocycles. The molecule has 0 bridgehead atoms. The maximum absolute atomic E-state index is 12.4. The summed E-state index contributed by atoms with van der Waals surface area (Å²) in [7, 11) is 0. The summed E-state index contributed by atoms with van der Waals surface area (Å²) in [6, 6.07) is 13.7. The minimum Gasteiger partial charge on any atom is -0.485 e. The van der Waals surface area contributed by atoms with Gasteiger partial charge in [-0.25, -0.2) is 9.59 Å². The van der Waals surface area contributed by atoms with Gasteiger partial charge in [-0.05, 0) is 49.6 Å². The zero-order chi connectivity index (χ0) is 20.4. The van der Waals surface area contributed by atoms with Crippen molar-refractivity contribution in [3.63, 3.8) is 0 Å². The molecule has 8 heteroatoms. The predicted molar refractivity (Wildman–Crippen MR) is 102 cm³/mol. The molecule has 2 heterocycles. The highest BCUT2D eigenvalue weighted by Gasteiger charge is 2.41. The number of rotatable bonds is 5. The average Bonchev–Trinajstić information content (AvgIpc) is 2.98. The highest BCUT2D eigenvalue weighted by molar-refractivity contribution is 6.06. The van der Waals surface area contributed by atoms with E-state index in [9.17, 15) is 14.4 Å². The summed E-state index contributed by atoms with van der Waals surface area (Å²) in [5.74, 6) is 0.628. The fourth-order valence-corrected chi connectivity index (χ4v) is 3.19. The van der Waals surface area contributed by atoms with Crippen LogP contribution in [-0.4, -0.2) is 36.2 Å². The number of carbonyl (C=O) groups is 3. The van der Waals surface area contributed by atoms with E-state index in [1.165, 1.54) is 0 Å². The smallest absolute Gasteiger partial charge is 0.356 e. The van der Waals surface area contributed by atoms with Gasteiger partial charge in [-0.2, -0.15) is 0 Å². The molecule has 150 valence electrons. The number of carbonyl (C=O) groups excluding carboxylic acids is 3. The molecule has 3 amide bonds. The van der Waals surface area contributed by atoms with Crippen LogP contribution in [0.3, 0.4) is 0 Å². The number of esters is 1.